The largest absolute Gasteiger partial charge is 0.460 e. The molecule has 0 aromatic carbocycles. The number of carbonyl (C=O) groups excluding carboxylic acids is 1. The van der Waals surface area contributed by atoms with Crippen LogP contribution in [0.25, 0.3) is 0 Å². The SMILES string of the molecule is O=C(C(F)(F)F)C(F)(F)C(F)(F)C(F)(F)C(F)(F)C(F)(F)C(F)(F)C(F)(F)C(F)(F)C(F)(F)C(F)(F)C(F)(F)C(F)(F)C(F)(F)C(F)(F)F. The molecule has 0 N–H and O–H groups in total. The second-order valence-corrected chi connectivity index (χ2v) is 8.79. The molecule has 0 heterocycles. The highest BCUT2D eigenvalue weighted by molar-refractivity contribution is 5.91. The van der Waals surface area contributed by atoms with Gasteiger partial charge in [0, 0.05) is 0 Å². The van der Waals surface area contributed by atoms with Gasteiger partial charge in [-0.25, -0.2) is 0 Å². The predicted octanol–water partition coefficient (Wildman–Crippen LogP) is 9.94. The molecule has 33 heteroatoms. The number of hydrogen-bond acceptors (Lipinski definition) is 1. The monoisotopic (exact) mass is 816 g/mol. The molecule has 0 saturated carbocycles. The van der Waals surface area contributed by atoms with Crippen LogP contribution in [0.2, 0.25) is 0 Å². The second kappa shape index (κ2) is 11.0. The first-order valence-electron chi connectivity index (χ1n) is 10.0. The van der Waals surface area contributed by atoms with Crippen molar-refractivity contribution in [3.8, 4) is 0 Å². The van der Waals surface area contributed by atoms with E-state index in [0.717, 1.165) is 0 Å². The molecule has 0 aliphatic heterocycles. The summed E-state index contributed by atoms with van der Waals surface area (Å²) in [7, 11) is 0. The van der Waals surface area contributed by atoms with E-state index in [1.807, 2.05) is 0 Å². The zero-order valence-electron chi connectivity index (χ0n) is 20.5. The molecule has 0 atom stereocenters. The summed E-state index contributed by atoms with van der Waals surface area (Å²) < 4.78 is 421. The summed E-state index contributed by atoms with van der Waals surface area (Å²) in [6, 6.07) is 0. The van der Waals surface area contributed by atoms with Crippen molar-refractivity contribution in [1.82, 2.24) is 0 Å². The van der Waals surface area contributed by atoms with Crippen molar-refractivity contribution in [1.29, 1.82) is 0 Å². The minimum Gasteiger partial charge on any atom is -0.282 e. The molecule has 0 saturated heterocycles. The smallest absolute Gasteiger partial charge is 0.282 e. The van der Waals surface area contributed by atoms with Crippen LogP contribution in [0.5, 0.6) is 0 Å². The molecule has 0 aromatic rings. The minimum absolute atomic E-state index is 5.69. The number of Topliss-reactive ketones (excluding diaryl/α,β-unsaturated/α-hetero) is 1. The van der Waals surface area contributed by atoms with Crippen LogP contribution < -0.4 is 0 Å². The van der Waals surface area contributed by atoms with Gasteiger partial charge in [0.05, 0.1) is 0 Å². The van der Waals surface area contributed by atoms with Gasteiger partial charge in [-0.1, -0.05) is 0 Å². The van der Waals surface area contributed by atoms with E-state index in [-0.39, 0.29) is 0 Å². The van der Waals surface area contributed by atoms with E-state index in [1.165, 1.54) is 0 Å². The third kappa shape index (κ3) is 5.36. The van der Waals surface area contributed by atoms with Crippen molar-refractivity contribution >= 4 is 5.78 Å². The molecular weight excluding hydrogens is 816 g/mol. The quantitative estimate of drug-likeness (QED) is 0.169. The Balaban J connectivity index is 7.64. The molecule has 0 rings (SSSR count). The number of alkyl halides is 32. The number of hydrogen-bond donors (Lipinski definition) is 0. The fourth-order valence-electron chi connectivity index (χ4n) is 2.67. The molecule has 49 heavy (non-hydrogen) atoms. The first-order chi connectivity index (χ1) is 20.4. The van der Waals surface area contributed by atoms with Crippen molar-refractivity contribution in [2.75, 3.05) is 0 Å². The van der Waals surface area contributed by atoms with Crippen LogP contribution in [0.3, 0.4) is 0 Å². The predicted molar refractivity (Wildman–Crippen MR) is 81.4 cm³/mol. The van der Waals surface area contributed by atoms with E-state index in [4.69, 9.17) is 0 Å². The van der Waals surface area contributed by atoms with Gasteiger partial charge in [0.25, 0.3) is 0 Å². The van der Waals surface area contributed by atoms with Crippen LogP contribution in [-0.2, 0) is 4.79 Å². The molecular formula is C16F32O. The van der Waals surface area contributed by atoms with E-state index >= 15 is 0 Å². The van der Waals surface area contributed by atoms with Gasteiger partial charge in [-0.15, -0.1) is 0 Å². The highest BCUT2D eigenvalue weighted by Crippen LogP contribution is 2.69. The molecule has 0 aromatic heterocycles. The normalized spacial score (nSPS) is 17.1. The van der Waals surface area contributed by atoms with E-state index in [0.29, 0.717) is 0 Å². The summed E-state index contributed by atoms with van der Waals surface area (Å²) in [5.41, 5.74) is 0. The topological polar surface area (TPSA) is 17.1 Å². The second-order valence-electron chi connectivity index (χ2n) is 8.79. The van der Waals surface area contributed by atoms with Crippen LogP contribution in [0.4, 0.5) is 140 Å². The van der Waals surface area contributed by atoms with Crippen LogP contribution in [0, 0.1) is 0 Å². The Morgan fingerprint density at radius 3 is 0.510 bits per heavy atom. The fourth-order valence-corrected chi connectivity index (χ4v) is 2.67. The zero-order valence-corrected chi connectivity index (χ0v) is 20.5. The van der Waals surface area contributed by atoms with Gasteiger partial charge >= 0.3 is 95.1 Å². The number of halogens is 32. The summed E-state index contributed by atoms with van der Waals surface area (Å²) in [5.74, 6) is -131. The molecule has 0 aliphatic carbocycles. The Labute approximate surface area is 242 Å². The lowest BCUT2D eigenvalue weighted by molar-refractivity contribution is -0.486. The van der Waals surface area contributed by atoms with Crippen molar-refractivity contribution in [2.45, 2.75) is 89.3 Å². The van der Waals surface area contributed by atoms with Gasteiger partial charge in [0.1, 0.15) is 0 Å². The Morgan fingerprint density at radius 2 is 0.367 bits per heavy atom. The van der Waals surface area contributed by atoms with Crippen LogP contribution in [0.1, 0.15) is 0 Å². The summed E-state index contributed by atoms with van der Waals surface area (Å²) in [5, 5.41) is 0. The van der Waals surface area contributed by atoms with Gasteiger partial charge < -0.3 is 0 Å². The molecule has 0 spiro atoms. The Morgan fingerprint density at radius 1 is 0.224 bits per heavy atom. The van der Waals surface area contributed by atoms with Crippen molar-refractivity contribution < 1.29 is 145 Å². The number of ketones is 1. The van der Waals surface area contributed by atoms with Crippen LogP contribution >= 0.6 is 0 Å². The molecule has 0 aliphatic rings. The van der Waals surface area contributed by atoms with Crippen LogP contribution in [0.15, 0.2) is 0 Å². The number of rotatable bonds is 13. The lowest BCUT2D eigenvalue weighted by Crippen LogP contribution is -2.79. The molecule has 0 unspecified atom stereocenters. The standard InChI is InChI=1S/C16F32O/c17-2(18,1(49)3(19,20)21)4(22,23)5(24,25)6(26,27)7(28,29)8(30,31)9(32,33)10(34,35)11(36,37)12(38,39)13(40,41)14(42,43)15(44,45)16(46,47)48. The van der Waals surface area contributed by atoms with Gasteiger partial charge in [-0.2, -0.15) is 140 Å². The molecule has 1 nitrogen and oxygen atoms in total. The minimum atomic E-state index is -10.1. The van der Waals surface area contributed by atoms with Gasteiger partial charge in [-0.3, -0.25) is 4.79 Å². The van der Waals surface area contributed by atoms with Crippen molar-refractivity contribution in [2.24, 2.45) is 0 Å². The molecule has 0 bridgehead atoms. The van der Waals surface area contributed by atoms with Crippen molar-refractivity contribution in [3.05, 3.63) is 0 Å². The average molecular weight is 816 g/mol. The van der Waals surface area contributed by atoms with E-state index in [2.05, 4.69) is 0 Å². The third-order valence-electron chi connectivity index (χ3n) is 5.63. The van der Waals surface area contributed by atoms with Gasteiger partial charge in [-0.05, 0) is 0 Å². The third-order valence-corrected chi connectivity index (χ3v) is 5.63. The first kappa shape index (κ1) is 46.4. The summed E-state index contributed by atoms with van der Waals surface area (Å²) in [6.45, 7) is 0. The highest BCUT2D eigenvalue weighted by atomic mass is 19.4. The maximum absolute atomic E-state index is 13.7. The van der Waals surface area contributed by atoms with Crippen LogP contribution in [-0.4, -0.2) is 95.1 Å². The maximum Gasteiger partial charge on any atom is 0.460 e. The maximum atomic E-state index is 13.7. The molecule has 0 amide bonds. The molecule has 0 fully saturated rings. The zero-order chi connectivity index (χ0) is 41.1. The summed E-state index contributed by atoms with van der Waals surface area (Å²) >= 11 is 0. The first-order valence-corrected chi connectivity index (χ1v) is 10.0. The Bertz CT molecular complexity index is 1240. The molecule has 0 radical (unpaired) electrons. The van der Waals surface area contributed by atoms with Gasteiger partial charge in [0.15, 0.2) is 0 Å². The Kier molecular flexibility index (Phi) is 10.4. The summed E-state index contributed by atoms with van der Waals surface area (Å²) in [4.78, 5) is 10.3. The van der Waals surface area contributed by atoms with E-state index < -0.39 is 95.1 Å². The number of carbonyl (C=O) groups is 1. The summed E-state index contributed by atoms with van der Waals surface area (Å²) in [6.07, 6.45) is -16.0. The van der Waals surface area contributed by atoms with Crippen molar-refractivity contribution in [3.63, 3.8) is 0 Å². The lowest BCUT2D eigenvalue weighted by Gasteiger charge is -2.46. The van der Waals surface area contributed by atoms with E-state index in [9.17, 15) is 145 Å². The molecule has 294 valence electrons. The lowest BCUT2D eigenvalue weighted by atomic mass is 9.83. The fraction of sp³-hybridized carbons (Fsp3) is 0.938. The van der Waals surface area contributed by atoms with Gasteiger partial charge in [0.2, 0.25) is 0 Å². The highest BCUT2D eigenvalue weighted by Gasteiger charge is 3.01. The average Bonchev–Trinajstić information content (AvgIpc) is 2.85. The Hall–Kier alpha value is -2.57. The van der Waals surface area contributed by atoms with E-state index in [1.54, 1.807) is 0 Å².